The highest BCUT2D eigenvalue weighted by Crippen LogP contribution is 2.28. The number of rotatable bonds is 7. The lowest BCUT2D eigenvalue weighted by Crippen LogP contribution is -2.02. The van der Waals surface area contributed by atoms with Gasteiger partial charge in [0.25, 0.3) is 0 Å². The monoisotopic (exact) mass is 312 g/mol. The summed E-state index contributed by atoms with van der Waals surface area (Å²) < 4.78 is 10.0. The summed E-state index contributed by atoms with van der Waals surface area (Å²) in [6.45, 7) is 4.08. The average molecular weight is 312 g/mol. The van der Waals surface area contributed by atoms with Gasteiger partial charge in [-0.3, -0.25) is 4.79 Å². The highest BCUT2D eigenvalue weighted by atomic mass is 16.5. The third kappa shape index (κ3) is 4.61. The Hall–Kier alpha value is -2.75. The van der Waals surface area contributed by atoms with Gasteiger partial charge in [-0.15, -0.1) is 0 Å². The lowest BCUT2D eigenvalue weighted by molar-refractivity contribution is -0.140. The van der Waals surface area contributed by atoms with Gasteiger partial charge >= 0.3 is 5.97 Å². The van der Waals surface area contributed by atoms with E-state index in [0.717, 1.165) is 22.4 Å². The van der Waals surface area contributed by atoms with Crippen molar-refractivity contribution < 1.29 is 19.4 Å². The van der Waals surface area contributed by atoms with Crippen LogP contribution < -0.4 is 4.74 Å². The summed E-state index contributed by atoms with van der Waals surface area (Å²) in [6, 6.07) is 13.1. The minimum absolute atomic E-state index is 0.179. The number of hydrogen-bond acceptors (Lipinski definition) is 4. The number of benzene rings is 2. The molecule has 0 spiro atoms. The lowest BCUT2D eigenvalue weighted by Gasteiger charge is -2.08. The van der Waals surface area contributed by atoms with Crippen LogP contribution in [0.5, 0.6) is 11.5 Å². The molecule has 0 fully saturated rings. The Kier molecular flexibility index (Phi) is 5.80. The molecule has 1 N–H and O–H groups in total. The molecule has 0 aliphatic carbocycles. The smallest absolute Gasteiger partial charge is 0.305 e. The largest absolute Gasteiger partial charge is 0.508 e. The number of esters is 1. The normalized spacial score (nSPS) is 10.1. The minimum atomic E-state index is -0.288. The summed E-state index contributed by atoms with van der Waals surface area (Å²) in [5, 5.41) is 10.1. The maximum atomic E-state index is 11.2. The van der Waals surface area contributed by atoms with Gasteiger partial charge in [0, 0.05) is 6.42 Å². The molecule has 0 radical (unpaired) electrons. The maximum absolute atomic E-state index is 11.2. The molecule has 0 saturated carbocycles. The molecule has 0 atom stereocenters. The minimum Gasteiger partial charge on any atom is -0.508 e. The van der Waals surface area contributed by atoms with Crippen LogP contribution in [0.2, 0.25) is 0 Å². The van der Waals surface area contributed by atoms with Gasteiger partial charge in [0.15, 0.2) is 0 Å². The molecule has 2 aromatic carbocycles. The van der Waals surface area contributed by atoms with Crippen LogP contribution in [0.4, 0.5) is 0 Å². The molecule has 2 aromatic rings. The van der Waals surface area contributed by atoms with Gasteiger partial charge in [-0.25, -0.2) is 0 Å². The van der Waals surface area contributed by atoms with Crippen molar-refractivity contribution in [2.24, 2.45) is 0 Å². The summed E-state index contributed by atoms with van der Waals surface area (Å²) in [5.41, 5.74) is 2.61. The number of methoxy groups -OCH3 is 1. The van der Waals surface area contributed by atoms with Crippen molar-refractivity contribution >= 4 is 5.97 Å². The Balaban J connectivity index is 2.10. The van der Waals surface area contributed by atoms with E-state index >= 15 is 0 Å². The van der Waals surface area contributed by atoms with E-state index in [0.29, 0.717) is 13.0 Å². The van der Waals surface area contributed by atoms with Gasteiger partial charge in [-0.1, -0.05) is 36.9 Å². The highest BCUT2D eigenvalue weighted by Gasteiger charge is 2.07. The third-order valence-electron chi connectivity index (χ3n) is 3.47. The fraction of sp³-hybridized carbons (Fsp3) is 0.211. The molecule has 120 valence electrons. The quantitative estimate of drug-likeness (QED) is 0.625. The number of phenols is 1. The van der Waals surface area contributed by atoms with Crippen LogP contribution in [-0.4, -0.2) is 24.8 Å². The van der Waals surface area contributed by atoms with E-state index in [1.165, 1.54) is 7.11 Å². The summed E-state index contributed by atoms with van der Waals surface area (Å²) in [6.07, 6.45) is 2.39. The van der Waals surface area contributed by atoms with Crippen LogP contribution in [0.25, 0.3) is 11.1 Å². The second-order valence-corrected chi connectivity index (χ2v) is 5.04. The molecule has 23 heavy (non-hydrogen) atoms. The van der Waals surface area contributed by atoms with Crippen molar-refractivity contribution in [3.8, 4) is 22.6 Å². The third-order valence-corrected chi connectivity index (χ3v) is 3.47. The Morgan fingerprint density at radius 3 is 2.48 bits per heavy atom. The van der Waals surface area contributed by atoms with Gasteiger partial charge in [0.1, 0.15) is 18.1 Å². The fourth-order valence-corrected chi connectivity index (χ4v) is 2.19. The second kappa shape index (κ2) is 8.03. The van der Waals surface area contributed by atoms with Crippen LogP contribution in [0, 0.1) is 0 Å². The van der Waals surface area contributed by atoms with Crippen molar-refractivity contribution in [1.29, 1.82) is 0 Å². The molecule has 0 heterocycles. The molecule has 4 heteroatoms. The van der Waals surface area contributed by atoms with Crippen LogP contribution >= 0.6 is 0 Å². The second-order valence-electron chi connectivity index (χ2n) is 5.04. The van der Waals surface area contributed by atoms with E-state index in [2.05, 4.69) is 11.3 Å². The van der Waals surface area contributed by atoms with Crippen molar-refractivity contribution in [1.82, 2.24) is 0 Å². The summed E-state index contributed by atoms with van der Waals surface area (Å²) in [4.78, 5) is 11.2. The molecule has 2 rings (SSSR count). The zero-order chi connectivity index (χ0) is 16.7. The first-order valence-corrected chi connectivity index (χ1v) is 7.37. The molecular weight excluding hydrogens is 292 g/mol. The number of aryl methyl sites for hydroxylation is 1. The van der Waals surface area contributed by atoms with Crippen LogP contribution in [0.1, 0.15) is 12.0 Å². The first kappa shape index (κ1) is 16.6. The molecule has 0 aliphatic rings. The molecule has 0 aliphatic heterocycles. The van der Waals surface area contributed by atoms with E-state index < -0.39 is 0 Å². The van der Waals surface area contributed by atoms with Crippen LogP contribution in [0.3, 0.4) is 0 Å². The topological polar surface area (TPSA) is 55.8 Å². The summed E-state index contributed by atoms with van der Waals surface area (Å²) >= 11 is 0. The molecule has 0 amide bonds. The van der Waals surface area contributed by atoms with Crippen molar-refractivity contribution in [2.75, 3.05) is 13.7 Å². The standard InChI is InChI=1S/C19H20O4/c1-3-12-23-17-9-6-14(7-10-17)16-5-4-15(18(20)13-16)8-11-19(21)22-2/h3-7,9-10,13,20H,1,8,11-12H2,2H3. The number of ether oxygens (including phenoxy) is 2. The van der Waals surface area contributed by atoms with Crippen molar-refractivity contribution in [2.45, 2.75) is 12.8 Å². The Morgan fingerprint density at radius 2 is 1.87 bits per heavy atom. The summed E-state index contributed by atoms with van der Waals surface area (Å²) in [7, 11) is 1.35. The van der Waals surface area contributed by atoms with Gasteiger partial charge in [0.2, 0.25) is 0 Å². The van der Waals surface area contributed by atoms with Gasteiger partial charge < -0.3 is 14.6 Å². The molecule has 0 saturated heterocycles. The average Bonchev–Trinajstić information content (AvgIpc) is 2.59. The van der Waals surface area contributed by atoms with E-state index in [1.54, 1.807) is 12.1 Å². The number of aromatic hydroxyl groups is 1. The first-order chi connectivity index (χ1) is 11.1. The van der Waals surface area contributed by atoms with Gasteiger partial charge in [-0.2, -0.15) is 0 Å². The highest BCUT2D eigenvalue weighted by molar-refractivity contribution is 5.70. The molecule has 4 nitrogen and oxygen atoms in total. The Bertz CT molecular complexity index is 674. The lowest BCUT2D eigenvalue weighted by atomic mass is 10.0. The fourth-order valence-electron chi connectivity index (χ4n) is 2.19. The van der Waals surface area contributed by atoms with Crippen LogP contribution in [-0.2, 0) is 16.0 Å². The van der Waals surface area contributed by atoms with E-state index in [1.807, 2.05) is 36.4 Å². The first-order valence-electron chi connectivity index (χ1n) is 7.37. The van der Waals surface area contributed by atoms with Gasteiger partial charge in [-0.05, 0) is 41.3 Å². The number of hydrogen-bond donors (Lipinski definition) is 1. The molecule has 0 unspecified atom stereocenters. The Morgan fingerprint density at radius 1 is 1.17 bits per heavy atom. The number of phenolic OH excluding ortho intramolecular Hbond substituents is 1. The molecule has 0 bridgehead atoms. The number of carbonyl (C=O) groups is 1. The predicted octanol–water partition coefficient (Wildman–Crippen LogP) is 3.73. The van der Waals surface area contributed by atoms with E-state index in [4.69, 9.17) is 4.74 Å². The summed E-state index contributed by atoms with van der Waals surface area (Å²) in [5.74, 6) is 0.662. The van der Waals surface area contributed by atoms with Crippen molar-refractivity contribution in [3.63, 3.8) is 0 Å². The maximum Gasteiger partial charge on any atom is 0.305 e. The van der Waals surface area contributed by atoms with E-state index in [-0.39, 0.29) is 18.1 Å². The SMILES string of the molecule is C=CCOc1ccc(-c2ccc(CCC(=O)OC)c(O)c2)cc1. The zero-order valence-corrected chi connectivity index (χ0v) is 13.1. The molecule has 0 aromatic heterocycles. The predicted molar refractivity (Wildman–Crippen MR) is 89.6 cm³/mol. The number of carbonyl (C=O) groups excluding carboxylic acids is 1. The Labute approximate surface area is 136 Å². The molecular formula is C19H20O4. The van der Waals surface area contributed by atoms with Crippen molar-refractivity contribution in [3.05, 3.63) is 60.7 Å². The zero-order valence-electron chi connectivity index (χ0n) is 13.1. The van der Waals surface area contributed by atoms with Crippen LogP contribution in [0.15, 0.2) is 55.1 Å². The van der Waals surface area contributed by atoms with Gasteiger partial charge in [0.05, 0.1) is 7.11 Å². The van der Waals surface area contributed by atoms with E-state index in [9.17, 15) is 9.90 Å².